The molecule has 170 valence electrons. The van der Waals surface area contributed by atoms with Gasteiger partial charge in [0, 0.05) is 22.0 Å². The molecule has 1 aliphatic rings. The van der Waals surface area contributed by atoms with Crippen molar-refractivity contribution in [3.63, 3.8) is 0 Å². The second-order valence-corrected chi connectivity index (χ2v) is 11.1. The Morgan fingerprint density at radius 3 is 2.88 bits per heavy atom. The summed E-state index contributed by atoms with van der Waals surface area (Å²) in [6.45, 7) is 1.48. The lowest BCUT2D eigenvalue weighted by Gasteiger charge is -2.14. The average Bonchev–Trinajstić information content (AvgIpc) is 3.61. The summed E-state index contributed by atoms with van der Waals surface area (Å²) in [4.78, 5) is 18.2. The minimum absolute atomic E-state index is 0.124. The molecule has 7 nitrogen and oxygen atoms in total. The van der Waals surface area contributed by atoms with Crippen molar-refractivity contribution >= 4 is 61.4 Å². The number of nitrogens with zero attached hydrogens (tertiary/aromatic N) is 4. The molecular weight excluding hydrogens is 542 g/mol. The van der Waals surface area contributed by atoms with Crippen molar-refractivity contribution in [1.82, 2.24) is 19.7 Å². The van der Waals surface area contributed by atoms with E-state index < -0.39 is 0 Å². The number of thioether (sulfide) groups is 1. The van der Waals surface area contributed by atoms with Gasteiger partial charge in [-0.25, -0.2) is 4.98 Å². The molecule has 4 aromatic rings. The van der Waals surface area contributed by atoms with Gasteiger partial charge in [0.05, 0.1) is 29.0 Å². The number of halogens is 1. The number of thiazole rings is 1. The molecule has 0 saturated carbocycles. The lowest BCUT2D eigenvalue weighted by atomic mass is 10.2. The van der Waals surface area contributed by atoms with E-state index in [-0.39, 0.29) is 17.8 Å². The number of carbonyl (C=O) groups excluding carboxylic acids is 1. The number of rotatable bonds is 8. The molecule has 1 atom stereocenters. The molecule has 4 heterocycles. The molecule has 0 bridgehead atoms. The number of amides is 1. The number of thiophene rings is 1. The zero-order valence-electron chi connectivity index (χ0n) is 17.4. The van der Waals surface area contributed by atoms with Crippen molar-refractivity contribution < 1.29 is 9.53 Å². The van der Waals surface area contributed by atoms with E-state index in [4.69, 9.17) is 4.74 Å². The van der Waals surface area contributed by atoms with Crippen LogP contribution in [0.4, 0.5) is 5.13 Å². The van der Waals surface area contributed by atoms with Crippen LogP contribution in [0.3, 0.4) is 0 Å². The third-order valence-electron chi connectivity index (χ3n) is 5.09. The molecule has 0 radical (unpaired) electrons. The first-order chi connectivity index (χ1) is 16.2. The summed E-state index contributed by atoms with van der Waals surface area (Å²) in [5.41, 5.74) is 1.85. The maximum Gasteiger partial charge on any atom is 0.236 e. The van der Waals surface area contributed by atoms with Gasteiger partial charge in [-0.15, -0.1) is 32.9 Å². The molecule has 1 aliphatic heterocycles. The first-order valence-corrected chi connectivity index (χ1v) is 13.9. The second-order valence-electron chi connectivity index (χ2n) is 7.41. The highest BCUT2D eigenvalue weighted by molar-refractivity contribution is 9.10. The summed E-state index contributed by atoms with van der Waals surface area (Å²) in [5.74, 6) is 0.921. The van der Waals surface area contributed by atoms with Crippen LogP contribution in [0, 0.1) is 0 Å². The molecule has 1 aromatic carbocycles. The molecular formula is C22H20BrN5O2S3. The molecule has 11 heteroatoms. The van der Waals surface area contributed by atoms with E-state index in [0.717, 1.165) is 51.0 Å². The first kappa shape index (κ1) is 22.7. The van der Waals surface area contributed by atoms with Crippen LogP contribution >= 0.6 is 50.4 Å². The second kappa shape index (κ2) is 10.5. The van der Waals surface area contributed by atoms with Crippen LogP contribution in [0.1, 0.15) is 12.8 Å². The fraction of sp³-hybridized carbons (Fsp3) is 0.273. The number of anilines is 1. The van der Waals surface area contributed by atoms with Crippen LogP contribution in [-0.4, -0.2) is 44.1 Å². The normalized spacial score (nSPS) is 15.7. The summed E-state index contributed by atoms with van der Waals surface area (Å²) >= 11 is 7.86. The maximum absolute atomic E-state index is 12.6. The van der Waals surface area contributed by atoms with E-state index in [1.165, 1.54) is 23.1 Å². The van der Waals surface area contributed by atoms with Crippen LogP contribution in [0.25, 0.3) is 22.0 Å². The average molecular weight is 563 g/mol. The Bertz CT molecular complexity index is 1220. The first-order valence-electron chi connectivity index (χ1n) is 10.4. The van der Waals surface area contributed by atoms with E-state index >= 15 is 0 Å². The van der Waals surface area contributed by atoms with Crippen LogP contribution in [0.5, 0.6) is 0 Å². The molecule has 1 fully saturated rings. The molecule has 1 amide bonds. The highest BCUT2D eigenvalue weighted by Gasteiger charge is 2.22. The van der Waals surface area contributed by atoms with Crippen LogP contribution in [0.2, 0.25) is 0 Å². The number of aromatic nitrogens is 4. The van der Waals surface area contributed by atoms with Crippen LogP contribution in [-0.2, 0) is 16.1 Å². The molecule has 1 N–H and O–H groups in total. The minimum Gasteiger partial charge on any atom is -0.376 e. The van der Waals surface area contributed by atoms with Gasteiger partial charge >= 0.3 is 0 Å². The van der Waals surface area contributed by atoms with Crippen molar-refractivity contribution in [1.29, 1.82) is 0 Å². The summed E-state index contributed by atoms with van der Waals surface area (Å²) < 4.78 is 8.93. The van der Waals surface area contributed by atoms with Crippen molar-refractivity contribution in [3.8, 4) is 22.0 Å². The number of hydrogen-bond donors (Lipinski definition) is 1. The van der Waals surface area contributed by atoms with Crippen molar-refractivity contribution in [3.05, 3.63) is 51.6 Å². The van der Waals surface area contributed by atoms with Gasteiger partial charge in [0.2, 0.25) is 5.91 Å². The molecule has 3 aromatic heterocycles. The summed E-state index contributed by atoms with van der Waals surface area (Å²) in [6, 6.07) is 12.0. The fourth-order valence-corrected chi connectivity index (χ4v) is 5.98. The monoisotopic (exact) mass is 561 g/mol. The number of carbonyl (C=O) groups is 1. The van der Waals surface area contributed by atoms with E-state index in [1.807, 2.05) is 47.2 Å². The third-order valence-corrected chi connectivity index (χ3v) is 8.21. The predicted octanol–water partition coefficient (Wildman–Crippen LogP) is 5.80. The standard InChI is InChI=1S/C22H20BrN5O2S3/c23-15-7-5-14(6-8-15)17-12-32-21(24-17)25-19(29)13-33-22-27-26-20(18-4-2-10-31-18)28(22)11-16-3-1-9-30-16/h2,4-8,10,12,16H,1,3,9,11,13H2,(H,24,25,29). The van der Waals surface area contributed by atoms with E-state index in [0.29, 0.717) is 11.7 Å². The minimum atomic E-state index is -0.124. The fourth-order valence-electron chi connectivity index (χ4n) is 3.51. The van der Waals surface area contributed by atoms with E-state index in [9.17, 15) is 4.79 Å². The Morgan fingerprint density at radius 2 is 2.12 bits per heavy atom. The molecule has 0 spiro atoms. The van der Waals surface area contributed by atoms with Gasteiger partial charge in [0.25, 0.3) is 0 Å². The van der Waals surface area contributed by atoms with Crippen molar-refractivity contribution in [2.45, 2.75) is 30.6 Å². The Labute approximate surface area is 211 Å². The highest BCUT2D eigenvalue weighted by Crippen LogP contribution is 2.30. The molecule has 1 unspecified atom stereocenters. The Hall–Kier alpha value is -2.05. The number of hydrogen-bond acceptors (Lipinski definition) is 8. The Balaban J connectivity index is 1.24. The van der Waals surface area contributed by atoms with Gasteiger partial charge in [-0.1, -0.05) is 45.9 Å². The van der Waals surface area contributed by atoms with Gasteiger partial charge in [-0.3, -0.25) is 9.36 Å². The number of benzene rings is 1. The maximum atomic E-state index is 12.6. The molecule has 0 aliphatic carbocycles. The SMILES string of the molecule is O=C(CSc1nnc(-c2cccs2)n1CC1CCCO1)Nc1nc(-c2ccc(Br)cc2)cs1. The van der Waals surface area contributed by atoms with E-state index in [1.54, 1.807) is 11.3 Å². The number of nitrogens with one attached hydrogen (secondary N) is 1. The zero-order valence-corrected chi connectivity index (χ0v) is 21.5. The zero-order chi connectivity index (χ0) is 22.6. The van der Waals surface area contributed by atoms with Crippen molar-refractivity contribution in [2.24, 2.45) is 0 Å². The quantitative estimate of drug-likeness (QED) is 0.273. The topological polar surface area (TPSA) is 81.9 Å². The largest absolute Gasteiger partial charge is 0.376 e. The van der Waals surface area contributed by atoms with Gasteiger partial charge in [0.1, 0.15) is 0 Å². The Kier molecular flexibility index (Phi) is 7.21. The number of ether oxygens (including phenoxy) is 1. The molecule has 5 rings (SSSR count). The summed E-state index contributed by atoms with van der Waals surface area (Å²) in [6.07, 6.45) is 2.25. The predicted molar refractivity (Wildman–Crippen MR) is 137 cm³/mol. The van der Waals surface area contributed by atoms with Gasteiger partial charge < -0.3 is 10.1 Å². The van der Waals surface area contributed by atoms with Crippen LogP contribution < -0.4 is 5.32 Å². The smallest absolute Gasteiger partial charge is 0.236 e. The Morgan fingerprint density at radius 1 is 1.24 bits per heavy atom. The van der Waals surface area contributed by atoms with Crippen LogP contribution in [0.15, 0.2) is 56.8 Å². The lowest BCUT2D eigenvalue weighted by molar-refractivity contribution is -0.113. The van der Waals surface area contributed by atoms with Gasteiger partial charge in [-0.2, -0.15) is 0 Å². The van der Waals surface area contributed by atoms with Crippen molar-refractivity contribution in [2.75, 3.05) is 17.7 Å². The highest BCUT2D eigenvalue weighted by atomic mass is 79.9. The molecule has 1 saturated heterocycles. The molecule has 33 heavy (non-hydrogen) atoms. The third kappa shape index (κ3) is 5.55. The summed E-state index contributed by atoms with van der Waals surface area (Å²) in [5, 5.41) is 17.0. The van der Waals surface area contributed by atoms with Gasteiger partial charge in [-0.05, 0) is 36.4 Å². The lowest BCUT2D eigenvalue weighted by Crippen LogP contribution is -2.18. The van der Waals surface area contributed by atoms with E-state index in [2.05, 4.69) is 41.0 Å². The van der Waals surface area contributed by atoms with Gasteiger partial charge in [0.15, 0.2) is 16.1 Å². The summed E-state index contributed by atoms with van der Waals surface area (Å²) in [7, 11) is 0.